The molecule has 0 aliphatic heterocycles. The van der Waals surface area contributed by atoms with Crippen molar-refractivity contribution in [2.24, 2.45) is 11.7 Å². The van der Waals surface area contributed by atoms with E-state index in [2.05, 4.69) is 17.0 Å². The van der Waals surface area contributed by atoms with Gasteiger partial charge in [0.05, 0.1) is 0 Å². The van der Waals surface area contributed by atoms with Gasteiger partial charge in [0.15, 0.2) is 0 Å². The number of aromatic nitrogens is 3. The fraction of sp³-hybridized carbons (Fsp3) is 0.818. The van der Waals surface area contributed by atoms with Gasteiger partial charge in [-0.15, -0.1) is 0 Å². The van der Waals surface area contributed by atoms with Gasteiger partial charge in [0.25, 0.3) is 0 Å². The molecule has 1 unspecified atom stereocenters. The van der Waals surface area contributed by atoms with Gasteiger partial charge in [0, 0.05) is 19.5 Å². The maximum Gasteiger partial charge on any atom is 0.138 e. The Balaban J connectivity index is 2.09. The van der Waals surface area contributed by atoms with Crippen molar-refractivity contribution < 1.29 is 4.39 Å². The second-order valence-corrected chi connectivity index (χ2v) is 4.59. The second kappa shape index (κ2) is 4.49. The quantitative estimate of drug-likeness (QED) is 0.795. The highest BCUT2D eigenvalue weighted by Gasteiger charge is 2.45. The predicted octanol–water partition coefficient (Wildman–Crippen LogP) is 1.31. The highest BCUT2D eigenvalue weighted by atomic mass is 19.1. The van der Waals surface area contributed by atoms with Gasteiger partial charge in [-0.25, -0.2) is 14.1 Å². The van der Waals surface area contributed by atoms with Crippen LogP contribution in [-0.2, 0) is 13.0 Å². The molecule has 2 N–H and O–H groups in total. The second-order valence-electron chi connectivity index (χ2n) is 4.59. The third kappa shape index (κ3) is 2.24. The Morgan fingerprint density at radius 2 is 2.38 bits per heavy atom. The number of rotatable bonds is 6. The summed E-state index contributed by atoms with van der Waals surface area (Å²) in [5.74, 6) is 0.853. The highest BCUT2D eigenvalue weighted by molar-refractivity contribution is 5.03. The highest BCUT2D eigenvalue weighted by Crippen LogP contribution is 2.43. The molecule has 0 saturated heterocycles. The van der Waals surface area contributed by atoms with Gasteiger partial charge < -0.3 is 5.73 Å². The molecule has 0 bridgehead atoms. The molecule has 1 atom stereocenters. The van der Waals surface area contributed by atoms with Crippen LogP contribution in [0.15, 0.2) is 6.33 Å². The Morgan fingerprint density at radius 3 is 2.94 bits per heavy atom. The van der Waals surface area contributed by atoms with Crippen LogP contribution in [0.5, 0.6) is 0 Å². The largest absolute Gasteiger partial charge is 0.328 e. The normalized spacial score (nSPS) is 19.7. The number of halogens is 1. The third-order valence-corrected chi connectivity index (χ3v) is 3.23. The molecule has 1 aliphatic rings. The van der Waals surface area contributed by atoms with Crippen LogP contribution in [0.2, 0.25) is 0 Å². The molecule has 4 nitrogen and oxygen atoms in total. The van der Waals surface area contributed by atoms with E-state index in [0.717, 1.165) is 31.6 Å². The van der Waals surface area contributed by atoms with Crippen molar-refractivity contribution in [2.45, 2.75) is 44.8 Å². The maximum atomic E-state index is 14.5. The summed E-state index contributed by atoms with van der Waals surface area (Å²) >= 11 is 0. The molecule has 1 aliphatic carbocycles. The first kappa shape index (κ1) is 11.5. The minimum absolute atomic E-state index is 0.0800. The SMILES string of the molecule is CCCn1ncnc1CC(F)(CN)C1CC1. The molecule has 0 amide bonds. The van der Waals surface area contributed by atoms with E-state index >= 15 is 0 Å². The minimum atomic E-state index is -1.28. The van der Waals surface area contributed by atoms with Gasteiger partial charge in [0.1, 0.15) is 17.8 Å². The number of hydrogen-bond donors (Lipinski definition) is 1. The number of nitrogens with zero attached hydrogens (tertiary/aromatic N) is 3. The molecule has 1 fully saturated rings. The lowest BCUT2D eigenvalue weighted by molar-refractivity contribution is 0.137. The monoisotopic (exact) mass is 226 g/mol. The van der Waals surface area contributed by atoms with Crippen molar-refractivity contribution in [3.05, 3.63) is 12.2 Å². The Bertz CT molecular complexity index is 348. The summed E-state index contributed by atoms with van der Waals surface area (Å²) in [6.07, 6.45) is 4.68. The maximum absolute atomic E-state index is 14.5. The van der Waals surface area contributed by atoms with Crippen molar-refractivity contribution in [3.63, 3.8) is 0 Å². The molecule has 0 spiro atoms. The number of hydrogen-bond acceptors (Lipinski definition) is 3. The average Bonchev–Trinajstić information content (AvgIpc) is 3.05. The first-order valence-electron chi connectivity index (χ1n) is 5.95. The summed E-state index contributed by atoms with van der Waals surface area (Å²) in [7, 11) is 0. The molecule has 0 radical (unpaired) electrons. The lowest BCUT2D eigenvalue weighted by Crippen LogP contribution is -2.38. The zero-order valence-electron chi connectivity index (χ0n) is 9.69. The van der Waals surface area contributed by atoms with Crippen LogP contribution in [0.1, 0.15) is 32.0 Å². The van der Waals surface area contributed by atoms with Crippen LogP contribution in [0.3, 0.4) is 0 Å². The fourth-order valence-electron chi connectivity index (χ4n) is 2.07. The summed E-state index contributed by atoms with van der Waals surface area (Å²) in [4.78, 5) is 4.13. The molecule has 1 saturated carbocycles. The molecule has 1 aromatic heterocycles. The van der Waals surface area contributed by atoms with E-state index in [-0.39, 0.29) is 12.5 Å². The van der Waals surface area contributed by atoms with Gasteiger partial charge >= 0.3 is 0 Å². The molecule has 2 rings (SSSR count). The van der Waals surface area contributed by atoms with Crippen molar-refractivity contribution in [3.8, 4) is 0 Å². The first-order valence-corrected chi connectivity index (χ1v) is 5.95. The van der Waals surface area contributed by atoms with Crippen molar-refractivity contribution in [1.29, 1.82) is 0 Å². The van der Waals surface area contributed by atoms with Crippen LogP contribution in [-0.4, -0.2) is 27.0 Å². The molecule has 1 heterocycles. The van der Waals surface area contributed by atoms with E-state index in [1.165, 1.54) is 6.33 Å². The summed E-state index contributed by atoms with van der Waals surface area (Å²) in [5, 5.41) is 4.10. The van der Waals surface area contributed by atoms with E-state index in [1.807, 2.05) is 0 Å². The Morgan fingerprint density at radius 1 is 1.62 bits per heavy atom. The fourth-order valence-corrected chi connectivity index (χ4v) is 2.07. The summed E-state index contributed by atoms with van der Waals surface area (Å²) in [5.41, 5.74) is 4.28. The van der Waals surface area contributed by atoms with E-state index in [4.69, 9.17) is 5.73 Å². The zero-order chi connectivity index (χ0) is 11.6. The van der Waals surface area contributed by atoms with E-state index in [9.17, 15) is 4.39 Å². The van der Waals surface area contributed by atoms with Gasteiger partial charge in [0.2, 0.25) is 0 Å². The van der Waals surface area contributed by atoms with Gasteiger partial charge in [-0.1, -0.05) is 6.92 Å². The molecule has 16 heavy (non-hydrogen) atoms. The lowest BCUT2D eigenvalue weighted by atomic mass is 9.95. The topological polar surface area (TPSA) is 56.7 Å². The number of aryl methyl sites for hydroxylation is 1. The Labute approximate surface area is 95.0 Å². The summed E-state index contributed by atoms with van der Waals surface area (Å²) < 4.78 is 16.3. The lowest BCUT2D eigenvalue weighted by Gasteiger charge is -2.22. The van der Waals surface area contributed by atoms with Gasteiger partial charge in [-0.05, 0) is 25.2 Å². The minimum Gasteiger partial charge on any atom is -0.328 e. The van der Waals surface area contributed by atoms with Crippen LogP contribution >= 0.6 is 0 Å². The van der Waals surface area contributed by atoms with E-state index in [0.29, 0.717) is 6.42 Å². The molecule has 90 valence electrons. The van der Waals surface area contributed by atoms with E-state index in [1.54, 1.807) is 4.68 Å². The van der Waals surface area contributed by atoms with Crippen LogP contribution in [0.4, 0.5) is 4.39 Å². The molecule has 1 aromatic rings. The van der Waals surface area contributed by atoms with Crippen molar-refractivity contribution >= 4 is 0 Å². The van der Waals surface area contributed by atoms with E-state index < -0.39 is 5.67 Å². The summed E-state index contributed by atoms with van der Waals surface area (Å²) in [6.45, 7) is 2.94. The number of nitrogens with two attached hydrogens (primary N) is 1. The number of alkyl halides is 1. The standard InChI is InChI=1S/C11H19FN4/c1-2-5-16-10(14-8-15-16)6-11(12,7-13)9-3-4-9/h8-9H,2-7,13H2,1H3. The van der Waals surface area contributed by atoms with Crippen LogP contribution in [0, 0.1) is 5.92 Å². The van der Waals surface area contributed by atoms with Crippen molar-refractivity contribution in [2.75, 3.05) is 6.54 Å². The molecular formula is C11H19FN4. The third-order valence-electron chi connectivity index (χ3n) is 3.23. The summed E-state index contributed by atoms with van der Waals surface area (Å²) in [6, 6.07) is 0. The smallest absolute Gasteiger partial charge is 0.138 e. The predicted molar refractivity (Wildman–Crippen MR) is 59.6 cm³/mol. The Hall–Kier alpha value is -0.970. The first-order chi connectivity index (χ1) is 7.69. The van der Waals surface area contributed by atoms with Crippen molar-refractivity contribution in [1.82, 2.24) is 14.8 Å². The molecule has 5 heteroatoms. The average molecular weight is 226 g/mol. The van der Waals surface area contributed by atoms with Crippen LogP contribution < -0.4 is 5.73 Å². The van der Waals surface area contributed by atoms with Gasteiger partial charge in [-0.2, -0.15) is 5.10 Å². The Kier molecular flexibility index (Phi) is 3.23. The zero-order valence-corrected chi connectivity index (χ0v) is 9.69. The molecule has 0 aromatic carbocycles. The van der Waals surface area contributed by atoms with Gasteiger partial charge in [-0.3, -0.25) is 0 Å². The molecular weight excluding hydrogens is 207 g/mol. The van der Waals surface area contributed by atoms with Crippen LogP contribution in [0.25, 0.3) is 0 Å².